The molecule has 1 aromatic carbocycles. The lowest BCUT2D eigenvalue weighted by Gasteiger charge is -2.24. The largest absolute Gasteiger partial charge is 0.370 e. The number of nitrogens with zero attached hydrogens (tertiary/aromatic N) is 2. The summed E-state index contributed by atoms with van der Waals surface area (Å²) in [5.74, 6) is 0. The van der Waals surface area contributed by atoms with Crippen molar-refractivity contribution in [2.24, 2.45) is 0 Å². The van der Waals surface area contributed by atoms with Crippen LogP contribution >= 0.6 is 15.9 Å². The highest BCUT2D eigenvalue weighted by molar-refractivity contribution is 9.09. The zero-order valence-corrected chi connectivity index (χ0v) is 11.7. The zero-order chi connectivity index (χ0) is 12.1. The van der Waals surface area contributed by atoms with E-state index < -0.39 is 0 Å². The number of para-hydroxylation sites is 1. The molecule has 0 amide bonds. The molecule has 2 rings (SSSR count). The first-order chi connectivity index (χ1) is 8.36. The lowest BCUT2D eigenvalue weighted by Crippen LogP contribution is -2.26. The SMILES string of the molecule is CCCN(CCBr)c1ccnc2ccccc12. The number of rotatable bonds is 5. The lowest BCUT2D eigenvalue weighted by atomic mass is 10.1. The standard InChI is InChI=1S/C14H17BrN2/c1-2-10-17(11-8-15)14-7-9-16-13-6-4-3-5-12(13)14/h3-7,9H,2,8,10-11H2,1H3. The Morgan fingerprint density at radius 1 is 1.18 bits per heavy atom. The Kier molecular flexibility index (Phi) is 4.37. The average Bonchev–Trinajstić information content (AvgIpc) is 2.38. The van der Waals surface area contributed by atoms with Gasteiger partial charge in [0.15, 0.2) is 0 Å². The molecule has 3 heteroatoms. The Hall–Kier alpha value is -1.09. The number of hydrogen-bond donors (Lipinski definition) is 0. The summed E-state index contributed by atoms with van der Waals surface area (Å²) in [4.78, 5) is 6.82. The molecule has 2 nitrogen and oxygen atoms in total. The van der Waals surface area contributed by atoms with E-state index in [1.54, 1.807) is 0 Å². The van der Waals surface area contributed by atoms with Gasteiger partial charge in [-0.15, -0.1) is 0 Å². The first kappa shape index (κ1) is 12.4. The van der Waals surface area contributed by atoms with Gasteiger partial charge in [0.25, 0.3) is 0 Å². The molecule has 0 N–H and O–H groups in total. The van der Waals surface area contributed by atoms with Crippen LogP contribution in [0.3, 0.4) is 0 Å². The quantitative estimate of drug-likeness (QED) is 0.778. The fourth-order valence-electron chi connectivity index (χ4n) is 2.08. The molecule has 1 aromatic heterocycles. The molecule has 0 aliphatic carbocycles. The van der Waals surface area contributed by atoms with E-state index in [9.17, 15) is 0 Å². The van der Waals surface area contributed by atoms with Gasteiger partial charge in [-0.3, -0.25) is 4.98 Å². The van der Waals surface area contributed by atoms with Crippen LogP contribution in [0.4, 0.5) is 5.69 Å². The number of hydrogen-bond acceptors (Lipinski definition) is 2. The van der Waals surface area contributed by atoms with Gasteiger partial charge in [-0.2, -0.15) is 0 Å². The third-order valence-electron chi connectivity index (χ3n) is 2.81. The molecule has 0 unspecified atom stereocenters. The van der Waals surface area contributed by atoms with E-state index in [1.165, 1.54) is 11.1 Å². The topological polar surface area (TPSA) is 16.1 Å². The second kappa shape index (κ2) is 6.01. The van der Waals surface area contributed by atoms with Crippen LogP contribution < -0.4 is 4.90 Å². The van der Waals surface area contributed by atoms with E-state index >= 15 is 0 Å². The van der Waals surface area contributed by atoms with E-state index in [0.29, 0.717) is 0 Å². The van der Waals surface area contributed by atoms with Crippen molar-refractivity contribution in [1.82, 2.24) is 4.98 Å². The predicted molar refractivity (Wildman–Crippen MR) is 78.0 cm³/mol. The molecule has 0 aliphatic rings. The van der Waals surface area contributed by atoms with Crippen LogP contribution in [0.25, 0.3) is 10.9 Å². The minimum absolute atomic E-state index is 0.990. The maximum absolute atomic E-state index is 4.41. The number of alkyl halides is 1. The van der Waals surface area contributed by atoms with Gasteiger partial charge in [0.1, 0.15) is 0 Å². The van der Waals surface area contributed by atoms with Crippen molar-refractivity contribution in [3.8, 4) is 0 Å². The minimum atomic E-state index is 0.990. The molecule has 0 atom stereocenters. The number of pyridine rings is 1. The molecule has 0 spiro atoms. The highest BCUT2D eigenvalue weighted by Crippen LogP contribution is 2.25. The van der Waals surface area contributed by atoms with Gasteiger partial charge in [-0.1, -0.05) is 41.1 Å². The number of aromatic nitrogens is 1. The summed E-state index contributed by atoms with van der Waals surface area (Å²) in [6, 6.07) is 10.4. The fraction of sp³-hybridized carbons (Fsp3) is 0.357. The van der Waals surface area contributed by atoms with Gasteiger partial charge in [0, 0.05) is 35.7 Å². The van der Waals surface area contributed by atoms with Crippen molar-refractivity contribution in [3.63, 3.8) is 0 Å². The van der Waals surface area contributed by atoms with E-state index in [0.717, 1.165) is 30.4 Å². The number of anilines is 1. The van der Waals surface area contributed by atoms with E-state index in [-0.39, 0.29) is 0 Å². The van der Waals surface area contributed by atoms with Crippen LogP contribution in [0.2, 0.25) is 0 Å². The molecule has 1 heterocycles. The number of fused-ring (bicyclic) bond motifs is 1. The Morgan fingerprint density at radius 3 is 2.76 bits per heavy atom. The Morgan fingerprint density at radius 2 is 2.00 bits per heavy atom. The van der Waals surface area contributed by atoms with Crippen molar-refractivity contribution in [1.29, 1.82) is 0 Å². The normalized spacial score (nSPS) is 10.7. The van der Waals surface area contributed by atoms with Gasteiger partial charge in [-0.25, -0.2) is 0 Å². The molecule has 0 radical (unpaired) electrons. The van der Waals surface area contributed by atoms with Gasteiger partial charge in [-0.05, 0) is 18.6 Å². The maximum Gasteiger partial charge on any atom is 0.0722 e. The van der Waals surface area contributed by atoms with E-state index in [2.05, 4.69) is 57.0 Å². The summed E-state index contributed by atoms with van der Waals surface area (Å²) in [7, 11) is 0. The smallest absolute Gasteiger partial charge is 0.0722 e. The van der Waals surface area contributed by atoms with E-state index in [1.807, 2.05) is 12.3 Å². The van der Waals surface area contributed by atoms with Gasteiger partial charge in [0.05, 0.1) is 5.52 Å². The lowest BCUT2D eigenvalue weighted by molar-refractivity contribution is 0.800. The van der Waals surface area contributed by atoms with Crippen LogP contribution in [-0.2, 0) is 0 Å². The van der Waals surface area contributed by atoms with Crippen molar-refractivity contribution in [2.75, 3.05) is 23.3 Å². The summed E-state index contributed by atoms with van der Waals surface area (Å²) >= 11 is 3.52. The first-order valence-corrected chi connectivity index (χ1v) is 7.13. The molecular formula is C14H17BrN2. The van der Waals surface area contributed by atoms with Gasteiger partial charge >= 0.3 is 0 Å². The van der Waals surface area contributed by atoms with Gasteiger partial charge in [0.2, 0.25) is 0 Å². The summed E-state index contributed by atoms with van der Waals surface area (Å²) in [5.41, 5.74) is 2.36. The van der Waals surface area contributed by atoms with E-state index in [4.69, 9.17) is 0 Å². The molecule has 0 bridgehead atoms. The first-order valence-electron chi connectivity index (χ1n) is 6.01. The average molecular weight is 293 g/mol. The van der Waals surface area contributed by atoms with Crippen molar-refractivity contribution >= 4 is 32.5 Å². The molecule has 17 heavy (non-hydrogen) atoms. The molecule has 2 aromatic rings. The molecule has 0 aliphatic heterocycles. The summed E-state index contributed by atoms with van der Waals surface area (Å²) in [6.07, 6.45) is 3.05. The van der Waals surface area contributed by atoms with Crippen LogP contribution in [-0.4, -0.2) is 23.4 Å². The molecular weight excluding hydrogens is 276 g/mol. The fourth-order valence-corrected chi connectivity index (χ4v) is 2.51. The summed E-state index contributed by atoms with van der Waals surface area (Å²) < 4.78 is 0. The zero-order valence-electron chi connectivity index (χ0n) is 10.1. The summed E-state index contributed by atoms with van der Waals surface area (Å²) in [5, 5.41) is 2.23. The van der Waals surface area contributed by atoms with Crippen LogP contribution in [0.15, 0.2) is 36.5 Å². The Bertz CT molecular complexity index is 473. The monoisotopic (exact) mass is 292 g/mol. The molecule has 90 valence electrons. The Labute approximate surface area is 111 Å². The van der Waals surface area contributed by atoms with Crippen molar-refractivity contribution < 1.29 is 0 Å². The minimum Gasteiger partial charge on any atom is -0.370 e. The predicted octanol–water partition coefficient (Wildman–Crippen LogP) is 3.85. The summed E-state index contributed by atoms with van der Waals surface area (Å²) in [6.45, 7) is 4.33. The highest BCUT2D eigenvalue weighted by Gasteiger charge is 2.08. The van der Waals surface area contributed by atoms with Crippen molar-refractivity contribution in [2.45, 2.75) is 13.3 Å². The van der Waals surface area contributed by atoms with Crippen molar-refractivity contribution in [3.05, 3.63) is 36.5 Å². The number of benzene rings is 1. The molecule has 0 fully saturated rings. The third-order valence-corrected chi connectivity index (χ3v) is 3.17. The van der Waals surface area contributed by atoms with Gasteiger partial charge < -0.3 is 4.90 Å². The molecule has 0 saturated heterocycles. The second-order valence-electron chi connectivity index (χ2n) is 4.02. The van der Waals surface area contributed by atoms with Crippen LogP contribution in [0, 0.1) is 0 Å². The third kappa shape index (κ3) is 2.78. The van der Waals surface area contributed by atoms with Crippen LogP contribution in [0.5, 0.6) is 0 Å². The maximum atomic E-state index is 4.41. The van der Waals surface area contributed by atoms with Crippen LogP contribution in [0.1, 0.15) is 13.3 Å². The Balaban J connectivity index is 2.44. The second-order valence-corrected chi connectivity index (χ2v) is 4.82. The molecule has 0 saturated carbocycles. The highest BCUT2D eigenvalue weighted by atomic mass is 79.9. The number of halogens is 1.